The fraction of sp³-hybridized carbons (Fsp3) is 0.419. The summed E-state index contributed by atoms with van der Waals surface area (Å²) in [6.07, 6.45) is 2.21. The summed E-state index contributed by atoms with van der Waals surface area (Å²) in [5, 5.41) is 22.1. The summed E-state index contributed by atoms with van der Waals surface area (Å²) in [5.74, 6) is 2.83. The van der Waals surface area contributed by atoms with Gasteiger partial charge in [-0.25, -0.2) is 15.0 Å². The van der Waals surface area contributed by atoms with E-state index in [0.29, 0.717) is 47.4 Å². The molecule has 11 heteroatoms. The number of nitrogens with one attached hydrogen (secondary N) is 2. The number of allylic oxidation sites excluding steroid dienone is 1. The normalized spacial score (nSPS) is 15.6. The largest absolute Gasteiger partial charge is 0.491 e. The molecule has 0 bridgehead atoms. The molecule has 5 rings (SSSR count). The Hall–Kier alpha value is -3.21. The number of aliphatic hydroxyl groups excluding tert-OH is 1. The van der Waals surface area contributed by atoms with Crippen LogP contribution in [-0.4, -0.2) is 57.5 Å². The molecule has 2 aromatic heterocycles. The Labute approximate surface area is 260 Å². The van der Waals surface area contributed by atoms with Crippen molar-refractivity contribution in [1.82, 2.24) is 20.3 Å². The molecule has 0 amide bonds. The number of ether oxygens (including phenoxy) is 1. The minimum atomic E-state index is -0.541. The maximum Gasteiger partial charge on any atom is 0.163 e. The molecular formula is C31H37BrClN7O2. The molecule has 1 saturated heterocycles. The number of anilines is 2. The number of halogens is 2. The lowest BCUT2D eigenvalue weighted by atomic mass is 10.1. The lowest BCUT2D eigenvalue weighted by Crippen LogP contribution is -2.37. The Morgan fingerprint density at radius 3 is 2.62 bits per heavy atom. The van der Waals surface area contributed by atoms with Crippen LogP contribution in [0.4, 0.5) is 11.6 Å². The van der Waals surface area contributed by atoms with Crippen molar-refractivity contribution in [2.45, 2.75) is 59.2 Å². The van der Waals surface area contributed by atoms with Crippen molar-refractivity contribution in [3.8, 4) is 17.1 Å². The van der Waals surface area contributed by atoms with E-state index in [1.54, 1.807) is 12.1 Å². The van der Waals surface area contributed by atoms with Gasteiger partial charge in [0.2, 0.25) is 0 Å². The van der Waals surface area contributed by atoms with E-state index in [1.165, 1.54) is 12.0 Å². The summed E-state index contributed by atoms with van der Waals surface area (Å²) in [5.41, 5.74) is 5.88. The minimum Gasteiger partial charge on any atom is -0.491 e. The summed E-state index contributed by atoms with van der Waals surface area (Å²) in [6.45, 7) is 9.51. The van der Waals surface area contributed by atoms with Crippen LogP contribution in [0.3, 0.4) is 0 Å². The Morgan fingerprint density at radius 1 is 1.17 bits per heavy atom. The van der Waals surface area contributed by atoms with Crippen LogP contribution in [0.25, 0.3) is 17.1 Å². The molecule has 3 aromatic rings. The fourth-order valence-electron chi connectivity index (χ4n) is 5.26. The average molecular weight is 655 g/mol. The van der Waals surface area contributed by atoms with E-state index >= 15 is 0 Å². The number of benzene rings is 1. The van der Waals surface area contributed by atoms with Gasteiger partial charge < -0.3 is 25.0 Å². The van der Waals surface area contributed by atoms with Gasteiger partial charge in [-0.05, 0) is 72.4 Å². The van der Waals surface area contributed by atoms with Crippen LogP contribution in [0, 0.1) is 12.3 Å². The number of nitrogens with zero attached hydrogens (tertiary/aromatic N) is 5. The van der Waals surface area contributed by atoms with Crippen LogP contribution >= 0.6 is 27.5 Å². The van der Waals surface area contributed by atoms with E-state index < -0.39 is 6.10 Å². The second-order valence-corrected chi connectivity index (χ2v) is 12.0. The zero-order valence-corrected chi connectivity index (χ0v) is 26.8. The Balaban J connectivity index is 1.57. The first kappa shape index (κ1) is 30.3. The number of hydrogen-bond donors (Lipinski definition) is 3. The Morgan fingerprint density at radius 2 is 1.95 bits per heavy atom. The second-order valence-electron chi connectivity index (χ2n) is 10.8. The van der Waals surface area contributed by atoms with E-state index in [0.717, 1.165) is 53.7 Å². The third-order valence-corrected chi connectivity index (χ3v) is 8.71. The van der Waals surface area contributed by atoms with Crippen LogP contribution in [0.2, 0.25) is 5.02 Å². The van der Waals surface area contributed by atoms with Crippen molar-refractivity contribution >= 4 is 49.5 Å². The van der Waals surface area contributed by atoms with Gasteiger partial charge in [-0.2, -0.15) is 0 Å². The summed E-state index contributed by atoms with van der Waals surface area (Å²) < 4.78 is 6.17. The van der Waals surface area contributed by atoms with Crippen LogP contribution in [-0.2, 0) is 13.1 Å². The van der Waals surface area contributed by atoms with E-state index in [2.05, 4.69) is 43.2 Å². The Bertz CT molecular complexity index is 1530. The number of aromatic nitrogens is 3. The molecule has 2 aliphatic rings. The van der Waals surface area contributed by atoms with Crippen LogP contribution < -0.4 is 19.9 Å². The highest BCUT2D eigenvalue weighted by Crippen LogP contribution is 2.37. The number of aliphatic hydroxyl groups is 1. The first-order valence-corrected chi connectivity index (χ1v) is 15.5. The third-order valence-electron chi connectivity index (χ3n) is 7.79. The van der Waals surface area contributed by atoms with Gasteiger partial charge in [-0.15, -0.1) is 0 Å². The molecule has 0 aliphatic carbocycles. The highest BCUT2D eigenvalue weighted by Gasteiger charge is 2.28. The Kier molecular flexibility index (Phi) is 9.35. The maximum absolute atomic E-state index is 10.2. The van der Waals surface area contributed by atoms with Gasteiger partial charge in [0.1, 0.15) is 28.6 Å². The number of fused-ring (bicyclic) bond motifs is 1. The van der Waals surface area contributed by atoms with Gasteiger partial charge in [0.25, 0.3) is 0 Å². The molecule has 9 nitrogen and oxygen atoms in total. The van der Waals surface area contributed by atoms with E-state index in [4.69, 9.17) is 36.7 Å². The standard InChI is InChI=1S/C31H37BrClN7O2/c1-5-7-21(41)17-42-22-9-10-24(33)23(14-22)30-37-28(27(35-4)18(2)29(32)34)19(3)31(38-30)40-15-20-8-11-26(36-25(20)16-40)39-12-6-13-39/h8-11,14,21,34-35,41H,5-7,12-13,15-17H2,1-4H3/b27-18-,34-29?/t21-/m1/s1. The molecule has 4 heterocycles. The van der Waals surface area contributed by atoms with Gasteiger partial charge >= 0.3 is 0 Å². The highest BCUT2D eigenvalue weighted by molar-refractivity contribution is 9.18. The van der Waals surface area contributed by atoms with Crippen LogP contribution in [0.5, 0.6) is 5.75 Å². The van der Waals surface area contributed by atoms with E-state index in [9.17, 15) is 5.11 Å². The molecular weight excluding hydrogens is 618 g/mol. The molecule has 42 heavy (non-hydrogen) atoms. The molecule has 2 aliphatic heterocycles. The van der Waals surface area contributed by atoms with Crippen LogP contribution in [0.15, 0.2) is 35.9 Å². The monoisotopic (exact) mass is 653 g/mol. The summed E-state index contributed by atoms with van der Waals surface area (Å²) >= 11 is 10.1. The molecule has 1 fully saturated rings. The molecule has 1 atom stereocenters. The molecule has 222 valence electrons. The lowest BCUT2D eigenvalue weighted by molar-refractivity contribution is 0.0994. The fourth-order valence-corrected chi connectivity index (χ4v) is 5.66. The molecule has 1 aromatic carbocycles. The number of rotatable bonds is 11. The van der Waals surface area contributed by atoms with Crippen molar-refractivity contribution < 1.29 is 9.84 Å². The van der Waals surface area contributed by atoms with Crippen molar-refractivity contribution in [1.29, 1.82) is 5.41 Å². The molecule has 0 radical (unpaired) electrons. The van der Waals surface area contributed by atoms with Gasteiger partial charge in [0.15, 0.2) is 5.82 Å². The smallest absolute Gasteiger partial charge is 0.163 e. The van der Waals surface area contributed by atoms with Crippen molar-refractivity contribution in [3.63, 3.8) is 0 Å². The average Bonchev–Trinajstić information content (AvgIpc) is 3.36. The van der Waals surface area contributed by atoms with E-state index in [1.807, 2.05) is 33.9 Å². The number of pyridine rings is 1. The van der Waals surface area contributed by atoms with Crippen molar-refractivity contribution in [3.05, 3.63) is 63.4 Å². The van der Waals surface area contributed by atoms with Crippen LogP contribution in [0.1, 0.15) is 55.6 Å². The predicted molar refractivity (Wildman–Crippen MR) is 173 cm³/mol. The van der Waals surface area contributed by atoms with Gasteiger partial charge in [0, 0.05) is 43.4 Å². The van der Waals surface area contributed by atoms with Gasteiger partial charge in [0.05, 0.1) is 34.8 Å². The molecule has 0 spiro atoms. The SMILES string of the molecule is CCC[C@@H](O)COc1ccc(Cl)c(-c2nc(/C(NC)=C(\C)C(=N)Br)c(C)c(N3Cc4ccc(N5CCC5)nc4C3)n2)c1. The minimum absolute atomic E-state index is 0.192. The molecule has 3 N–H and O–H groups in total. The molecule has 0 unspecified atom stereocenters. The summed E-state index contributed by atoms with van der Waals surface area (Å²) in [4.78, 5) is 19.6. The van der Waals surface area contributed by atoms with Crippen molar-refractivity contribution in [2.75, 3.05) is 36.5 Å². The zero-order valence-electron chi connectivity index (χ0n) is 24.5. The highest BCUT2D eigenvalue weighted by atomic mass is 79.9. The summed E-state index contributed by atoms with van der Waals surface area (Å²) in [7, 11) is 1.83. The first-order valence-electron chi connectivity index (χ1n) is 14.3. The summed E-state index contributed by atoms with van der Waals surface area (Å²) in [6, 6.07) is 9.66. The number of hydrogen-bond acceptors (Lipinski definition) is 9. The quantitative estimate of drug-likeness (QED) is 0.213. The lowest BCUT2D eigenvalue weighted by Gasteiger charge is -2.32. The van der Waals surface area contributed by atoms with Gasteiger partial charge in [-0.1, -0.05) is 31.0 Å². The zero-order chi connectivity index (χ0) is 30.0. The molecule has 0 saturated carbocycles. The first-order chi connectivity index (χ1) is 20.2. The van der Waals surface area contributed by atoms with Crippen molar-refractivity contribution in [2.24, 2.45) is 0 Å². The second kappa shape index (κ2) is 13.0. The predicted octanol–water partition coefficient (Wildman–Crippen LogP) is 6.09. The van der Waals surface area contributed by atoms with Gasteiger partial charge in [-0.3, -0.25) is 5.41 Å². The van der Waals surface area contributed by atoms with E-state index in [-0.39, 0.29) is 11.2 Å². The topological polar surface area (TPSA) is 110 Å². The third kappa shape index (κ3) is 6.26. The maximum atomic E-state index is 10.2.